The number of aliphatic hydroxyl groups excluding tert-OH is 2. The van der Waals surface area contributed by atoms with E-state index in [0.29, 0.717) is 82.0 Å². The van der Waals surface area contributed by atoms with E-state index in [4.69, 9.17) is 29.3 Å². The predicted octanol–water partition coefficient (Wildman–Crippen LogP) is 5.54. The first-order valence-corrected chi connectivity index (χ1v) is 24.8. The van der Waals surface area contributed by atoms with Crippen molar-refractivity contribution in [3.8, 4) is 0 Å². The molecule has 2 saturated heterocycles. The van der Waals surface area contributed by atoms with Crippen molar-refractivity contribution in [3.63, 3.8) is 0 Å². The molecule has 17 nitrogen and oxygen atoms in total. The molecule has 0 spiro atoms. The van der Waals surface area contributed by atoms with Crippen LogP contribution in [-0.4, -0.2) is 135 Å². The van der Waals surface area contributed by atoms with Gasteiger partial charge in [0.2, 0.25) is 5.79 Å². The van der Waals surface area contributed by atoms with Gasteiger partial charge >= 0.3 is 5.97 Å². The van der Waals surface area contributed by atoms with Crippen LogP contribution < -0.4 is 11.1 Å². The van der Waals surface area contributed by atoms with E-state index in [-0.39, 0.29) is 42.6 Å². The van der Waals surface area contributed by atoms with Crippen molar-refractivity contribution in [2.24, 2.45) is 35.3 Å². The summed E-state index contributed by atoms with van der Waals surface area (Å²) in [6, 6.07) is -2.07. The number of aromatic nitrogens is 2. The van der Waals surface area contributed by atoms with Crippen molar-refractivity contribution in [2.45, 2.75) is 186 Å². The quantitative estimate of drug-likeness (QED) is 0.128. The van der Waals surface area contributed by atoms with Crippen LogP contribution in [-0.2, 0) is 38.1 Å². The van der Waals surface area contributed by atoms with Crippen LogP contribution in [0, 0.1) is 29.6 Å². The normalized spacial score (nSPS) is 39.1. The summed E-state index contributed by atoms with van der Waals surface area (Å²) in [6.45, 7) is 11.3. The van der Waals surface area contributed by atoms with Crippen LogP contribution in [0.4, 0.5) is 5.82 Å². The van der Waals surface area contributed by atoms with E-state index < -0.39 is 83.9 Å². The van der Waals surface area contributed by atoms with Crippen molar-refractivity contribution in [1.82, 2.24) is 15.2 Å². The Labute approximate surface area is 402 Å². The number of carbonyl (C=O) groups excluding carboxylic acids is 4. The van der Waals surface area contributed by atoms with Crippen LogP contribution in [0.25, 0.3) is 0 Å². The molecule has 4 heterocycles. The number of amides is 1. The third-order valence-electron chi connectivity index (χ3n) is 14.8. The van der Waals surface area contributed by atoms with E-state index in [0.717, 1.165) is 12.0 Å². The fraction of sp³-hybridized carbons (Fsp3) is 0.725. The number of piperidine rings is 1. The van der Waals surface area contributed by atoms with Crippen molar-refractivity contribution in [3.05, 3.63) is 53.8 Å². The van der Waals surface area contributed by atoms with Crippen LogP contribution in [0.1, 0.15) is 125 Å². The van der Waals surface area contributed by atoms with E-state index in [1.807, 2.05) is 58.1 Å². The molecule has 1 amide bonds. The number of aliphatic hydroxyl groups is 3. The van der Waals surface area contributed by atoms with Gasteiger partial charge in [0, 0.05) is 38.6 Å². The Kier molecular flexibility index (Phi) is 20.7. The van der Waals surface area contributed by atoms with Crippen molar-refractivity contribution in [2.75, 3.05) is 26.1 Å². The molecule has 5 rings (SSSR count). The highest BCUT2D eigenvalue weighted by atomic mass is 16.6. The summed E-state index contributed by atoms with van der Waals surface area (Å²) in [5.74, 6) is -6.17. The maximum atomic E-state index is 14.4. The average molecular weight is 954 g/mol. The van der Waals surface area contributed by atoms with Gasteiger partial charge in [-0.1, -0.05) is 74.9 Å². The molecule has 2 bridgehead atoms. The number of esters is 1. The van der Waals surface area contributed by atoms with Gasteiger partial charge in [-0.2, -0.15) is 0 Å². The number of nitrogens with two attached hydrogens (primary N) is 1. The number of allylic oxidation sites excluding steroid dienone is 5. The predicted molar refractivity (Wildman–Crippen MR) is 254 cm³/mol. The van der Waals surface area contributed by atoms with Crippen LogP contribution in [0.3, 0.4) is 0 Å². The Balaban J connectivity index is 1.46. The number of cyclic esters (lactones) is 1. The van der Waals surface area contributed by atoms with Gasteiger partial charge in [0.1, 0.15) is 30.6 Å². The molecule has 0 aromatic carbocycles. The minimum Gasteiger partial charge on any atom is -0.461 e. The van der Waals surface area contributed by atoms with E-state index in [1.165, 1.54) is 18.2 Å². The van der Waals surface area contributed by atoms with Crippen LogP contribution >= 0.6 is 0 Å². The lowest BCUT2D eigenvalue weighted by Crippen LogP contribution is -2.61. The molecule has 1 aromatic heterocycles. The topological polar surface area (TPSA) is 246 Å². The smallest absolute Gasteiger partial charge is 0.329 e. The molecular formula is C51H79N5O12. The molecule has 3 aliphatic heterocycles. The molecule has 17 heteroatoms. The number of fused-ring (bicyclic) bond motifs is 3. The van der Waals surface area contributed by atoms with E-state index in [1.54, 1.807) is 27.0 Å². The van der Waals surface area contributed by atoms with Gasteiger partial charge in [-0.05, 0) is 126 Å². The molecule has 15 atom stereocenters. The summed E-state index contributed by atoms with van der Waals surface area (Å²) in [7, 11) is 3.00. The summed E-state index contributed by atoms with van der Waals surface area (Å²) in [4.78, 5) is 58.1. The second-order valence-electron chi connectivity index (χ2n) is 20.1. The summed E-state index contributed by atoms with van der Waals surface area (Å²) in [5.41, 5.74) is 8.03. The first-order chi connectivity index (χ1) is 32.4. The lowest BCUT2D eigenvalue weighted by molar-refractivity contribution is -0.263. The number of methoxy groups -OCH3 is 2. The largest absolute Gasteiger partial charge is 0.461 e. The fourth-order valence-electron chi connectivity index (χ4n) is 10.5. The van der Waals surface area contributed by atoms with Gasteiger partial charge in [-0.15, -0.1) is 0 Å². The number of ketones is 2. The Morgan fingerprint density at radius 1 is 0.926 bits per heavy atom. The zero-order valence-electron chi connectivity index (χ0n) is 41.5. The molecule has 1 aromatic rings. The van der Waals surface area contributed by atoms with Gasteiger partial charge in [-0.3, -0.25) is 14.4 Å². The molecule has 1 aliphatic carbocycles. The number of hydrogen-bond acceptors (Lipinski definition) is 16. The Morgan fingerprint density at radius 3 is 2.40 bits per heavy atom. The summed E-state index contributed by atoms with van der Waals surface area (Å²) in [6.07, 6.45) is 14.8. The second-order valence-corrected chi connectivity index (χ2v) is 20.1. The third-order valence-corrected chi connectivity index (χ3v) is 14.8. The van der Waals surface area contributed by atoms with E-state index >= 15 is 0 Å². The number of hydrogen-bond donors (Lipinski definition) is 5. The number of Topliss-reactive ketones (excluding diaryl/α,β-unsaturated/α-hetero) is 2. The van der Waals surface area contributed by atoms with E-state index in [2.05, 4.69) is 15.6 Å². The summed E-state index contributed by atoms with van der Waals surface area (Å²) in [5, 5.41) is 45.0. The minimum absolute atomic E-state index is 0.0176. The molecule has 4 aliphatic rings. The lowest BCUT2D eigenvalue weighted by atomic mass is 9.78. The van der Waals surface area contributed by atoms with Crippen molar-refractivity contribution >= 4 is 29.3 Å². The molecule has 3 fully saturated rings. The third kappa shape index (κ3) is 14.5. The minimum atomic E-state index is -2.45. The first-order valence-electron chi connectivity index (χ1n) is 24.8. The Morgan fingerprint density at radius 2 is 1.69 bits per heavy atom. The molecule has 380 valence electrons. The lowest BCUT2D eigenvalue weighted by Gasteiger charge is -2.43. The summed E-state index contributed by atoms with van der Waals surface area (Å²) < 4.78 is 28.7. The maximum Gasteiger partial charge on any atom is 0.329 e. The number of carbonyl (C=O) groups is 4. The molecule has 0 radical (unpaired) electrons. The highest BCUT2D eigenvalue weighted by Gasteiger charge is 2.53. The maximum absolute atomic E-state index is 14.4. The van der Waals surface area contributed by atoms with Crippen molar-refractivity contribution < 1.29 is 58.1 Å². The van der Waals surface area contributed by atoms with Crippen LogP contribution in [0.5, 0.6) is 0 Å². The Hall–Kier alpha value is -4.10. The fourth-order valence-corrected chi connectivity index (χ4v) is 10.5. The molecule has 4 unspecified atom stereocenters. The second kappa shape index (κ2) is 25.7. The number of nitrogens with one attached hydrogen (secondary N) is 1. The number of ether oxygens (including phenoxy) is 4. The molecule has 1 saturated carbocycles. The Bertz CT molecular complexity index is 1940. The monoisotopic (exact) mass is 954 g/mol. The zero-order chi connectivity index (χ0) is 49.7. The average Bonchev–Trinajstić information content (AvgIpc) is 3.84. The number of anilines is 1. The van der Waals surface area contributed by atoms with Crippen molar-refractivity contribution in [1.29, 1.82) is 0 Å². The zero-order valence-corrected chi connectivity index (χ0v) is 41.5. The van der Waals surface area contributed by atoms with E-state index in [9.17, 15) is 34.5 Å². The standard InChI is InChI=1S/C51H79N5O12/c1-30-14-10-9-11-15-31(2)39(54-44-29-53-68-55-44)28-38-20-17-35(6)51(63,67-38)48(60)49(61)56-23-13-12-16-40(56)50(62)66-42(32(3)25-36-18-21-41(57)43(27-36)64-7)22-19-37(52)26-34(5)46(59)47(65-8)45(58)33(4)24-30/h9-11,14-15,26,29-30,32-33,35-43,46-47,57,59,63H,12-13,16-25,27-28,52H2,1-8H3,(H,54,55)/b11-9+,14-10+,31-15+,34-26+/t30-,32-,33-,35?,36+,37+,38?,39?,40?,41-,42+,43-,46-,47+,51-/m1/s1. The van der Waals surface area contributed by atoms with Crippen LogP contribution in [0.15, 0.2) is 58.4 Å². The molecule has 6 N–H and O–H groups in total. The molecule has 68 heavy (non-hydrogen) atoms. The summed E-state index contributed by atoms with van der Waals surface area (Å²) >= 11 is 0. The number of rotatable bonds is 7. The molecular weight excluding hydrogens is 875 g/mol. The highest BCUT2D eigenvalue weighted by Crippen LogP contribution is 2.38. The first kappa shape index (κ1) is 54.8. The van der Waals surface area contributed by atoms with Crippen LogP contribution in [0.2, 0.25) is 0 Å². The number of nitrogens with zero attached hydrogens (tertiary/aromatic N) is 3. The SMILES string of the molecule is CO[C@@H]1C[C@H](C[C@@H](C)[C@@H]2CC[C@H](N)/C=C(\C)[C@@H](O)[C@@H](OC)C(=O)[C@H](C)C[C@H](C)/C=C/C=C/C=C(\C)C(Nc3cnon3)CC3CCC(C)[C@@](O)(O3)C(=O)C(=O)N3CCCCC3C(=O)O2)CC[C@H]1O. The van der Waals surface area contributed by atoms with Gasteiger partial charge in [0.05, 0.1) is 24.4 Å². The van der Waals surface area contributed by atoms with Gasteiger partial charge in [0.25, 0.3) is 11.7 Å². The van der Waals surface area contributed by atoms with Gasteiger partial charge < -0.3 is 50.2 Å². The van der Waals surface area contributed by atoms with Gasteiger partial charge in [0.15, 0.2) is 11.6 Å². The van der Waals surface area contributed by atoms with Gasteiger partial charge in [-0.25, -0.2) is 9.42 Å². The highest BCUT2D eigenvalue weighted by molar-refractivity contribution is 6.39.